The van der Waals surface area contributed by atoms with Gasteiger partial charge in [0.2, 0.25) is 5.91 Å². The van der Waals surface area contributed by atoms with Crippen LogP contribution in [0.25, 0.3) is 0 Å². The molecule has 1 aliphatic rings. The average molecular weight is 382 g/mol. The van der Waals surface area contributed by atoms with E-state index in [0.29, 0.717) is 5.03 Å². The number of nitrogens with one attached hydrogen (secondary N) is 1. The summed E-state index contributed by atoms with van der Waals surface area (Å²) in [6.07, 6.45) is 1.79. The Morgan fingerprint density at radius 1 is 1.19 bits per heavy atom. The number of carboxylic acid groups (broad SMARTS) is 2. The summed E-state index contributed by atoms with van der Waals surface area (Å²) in [5.74, 6) is -5.68. The van der Waals surface area contributed by atoms with E-state index in [9.17, 15) is 29.4 Å². The quantitative estimate of drug-likeness (QED) is 0.527. The fourth-order valence-electron chi connectivity index (χ4n) is 2.66. The maximum absolute atomic E-state index is 12.5. The van der Waals surface area contributed by atoms with Crippen molar-refractivity contribution in [2.24, 2.45) is 11.8 Å². The molecular weight excluding hydrogens is 366 g/mol. The summed E-state index contributed by atoms with van der Waals surface area (Å²) >= 11 is 5.93. The lowest BCUT2D eigenvalue weighted by molar-refractivity contribution is -0.146. The van der Waals surface area contributed by atoms with E-state index in [1.165, 1.54) is 12.1 Å². The first kappa shape index (κ1) is 19.5. The highest BCUT2D eigenvalue weighted by atomic mass is 35.5. The Hall–Kier alpha value is -2.87. The van der Waals surface area contributed by atoms with Crippen LogP contribution in [0.1, 0.15) is 30.1 Å². The minimum Gasteiger partial charge on any atom is -0.481 e. The number of amides is 1. The standard InChI is InChI=1S/C17H16ClNO7/c1-8(20)26-14-5-3-10(7-13(14)17(24)25)19-15(21)12-6-9(18)2-4-11(12)16(22)23/h2-3,5,7,11-12H,4,6H2,1H3,(H,19,21)(H,22,23)(H,24,25)/t11-,12+/m0/s1. The number of allylic oxidation sites excluding steroid dienone is 2. The van der Waals surface area contributed by atoms with Crippen LogP contribution in [0.5, 0.6) is 5.75 Å². The molecule has 0 spiro atoms. The number of halogens is 1. The zero-order chi connectivity index (χ0) is 19.4. The van der Waals surface area contributed by atoms with Gasteiger partial charge in [0.05, 0.1) is 11.8 Å². The summed E-state index contributed by atoms with van der Waals surface area (Å²) in [6.45, 7) is 1.13. The predicted molar refractivity (Wildman–Crippen MR) is 91.1 cm³/mol. The Morgan fingerprint density at radius 3 is 2.46 bits per heavy atom. The highest BCUT2D eigenvalue weighted by Gasteiger charge is 2.36. The molecule has 0 bridgehead atoms. The maximum Gasteiger partial charge on any atom is 0.339 e. The van der Waals surface area contributed by atoms with Crippen LogP contribution < -0.4 is 10.1 Å². The van der Waals surface area contributed by atoms with Crippen LogP contribution in [-0.4, -0.2) is 34.0 Å². The fraction of sp³-hybridized carbons (Fsp3) is 0.294. The van der Waals surface area contributed by atoms with E-state index in [0.717, 1.165) is 13.0 Å². The molecule has 0 fully saturated rings. The molecule has 9 heteroatoms. The van der Waals surface area contributed by atoms with Gasteiger partial charge in [-0.15, -0.1) is 0 Å². The predicted octanol–water partition coefficient (Wildman–Crippen LogP) is 2.48. The normalized spacial score (nSPS) is 19.2. The van der Waals surface area contributed by atoms with Crippen molar-refractivity contribution < 1.29 is 34.1 Å². The van der Waals surface area contributed by atoms with Crippen LogP contribution in [-0.2, 0) is 14.4 Å². The van der Waals surface area contributed by atoms with E-state index in [2.05, 4.69) is 5.32 Å². The van der Waals surface area contributed by atoms with Gasteiger partial charge in [-0.05, 0) is 31.0 Å². The highest BCUT2D eigenvalue weighted by Crippen LogP contribution is 2.33. The molecule has 0 unspecified atom stereocenters. The van der Waals surface area contributed by atoms with Gasteiger partial charge in [0.15, 0.2) is 0 Å². The molecule has 1 aromatic rings. The van der Waals surface area contributed by atoms with Crippen molar-refractivity contribution in [3.05, 3.63) is 34.9 Å². The number of hydrogen-bond donors (Lipinski definition) is 3. The minimum atomic E-state index is -1.34. The Labute approximate surface area is 153 Å². The largest absolute Gasteiger partial charge is 0.481 e. The van der Waals surface area contributed by atoms with E-state index in [1.807, 2.05) is 0 Å². The van der Waals surface area contributed by atoms with E-state index < -0.39 is 35.7 Å². The van der Waals surface area contributed by atoms with E-state index in [1.54, 1.807) is 6.08 Å². The van der Waals surface area contributed by atoms with Gasteiger partial charge in [0.1, 0.15) is 11.3 Å². The second kappa shape index (κ2) is 8.01. The smallest absolute Gasteiger partial charge is 0.339 e. The second-order valence-electron chi connectivity index (χ2n) is 5.74. The number of anilines is 1. The van der Waals surface area contributed by atoms with Crippen LogP contribution in [0.3, 0.4) is 0 Å². The third-order valence-corrected chi connectivity index (χ3v) is 4.19. The summed E-state index contributed by atoms with van der Waals surface area (Å²) in [7, 11) is 0. The lowest BCUT2D eigenvalue weighted by Crippen LogP contribution is -2.35. The number of carbonyl (C=O) groups excluding carboxylic acids is 2. The van der Waals surface area contributed by atoms with Gasteiger partial charge in [-0.2, -0.15) is 0 Å². The van der Waals surface area contributed by atoms with Crippen LogP contribution in [0, 0.1) is 11.8 Å². The fourth-order valence-corrected chi connectivity index (χ4v) is 2.91. The molecule has 3 N–H and O–H groups in total. The van der Waals surface area contributed by atoms with E-state index in [-0.39, 0.29) is 29.8 Å². The number of carboxylic acids is 2. The topological polar surface area (TPSA) is 130 Å². The summed E-state index contributed by atoms with van der Waals surface area (Å²) in [4.78, 5) is 46.2. The third kappa shape index (κ3) is 4.60. The molecule has 2 rings (SSSR count). The second-order valence-corrected chi connectivity index (χ2v) is 6.23. The number of hydrogen-bond acceptors (Lipinski definition) is 5. The first-order valence-corrected chi connectivity index (χ1v) is 8.00. The van der Waals surface area contributed by atoms with E-state index in [4.69, 9.17) is 16.3 Å². The third-order valence-electron chi connectivity index (χ3n) is 3.88. The summed E-state index contributed by atoms with van der Waals surface area (Å²) in [5.41, 5.74) is -0.174. The molecule has 0 saturated heterocycles. The van der Waals surface area contributed by atoms with Crippen LogP contribution >= 0.6 is 11.6 Å². The highest BCUT2D eigenvalue weighted by molar-refractivity contribution is 6.29. The number of aliphatic carboxylic acids is 1. The SMILES string of the molecule is CC(=O)Oc1ccc(NC(=O)[C@@H]2CC(Cl)=CC[C@@H]2C(=O)O)cc1C(=O)O. The summed E-state index contributed by atoms with van der Waals surface area (Å²) in [5, 5.41) is 21.4. The first-order chi connectivity index (χ1) is 12.2. The number of esters is 1. The molecule has 26 heavy (non-hydrogen) atoms. The number of rotatable bonds is 5. The molecule has 0 heterocycles. The molecule has 2 atom stereocenters. The van der Waals surface area contributed by atoms with Crippen molar-refractivity contribution in [2.75, 3.05) is 5.32 Å². The zero-order valence-electron chi connectivity index (χ0n) is 13.7. The molecular formula is C17H16ClNO7. The van der Waals surface area contributed by atoms with Crippen molar-refractivity contribution in [2.45, 2.75) is 19.8 Å². The molecule has 1 amide bonds. The first-order valence-electron chi connectivity index (χ1n) is 7.63. The van der Waals surface area contributed by atoms with Crippen LogP contribution in [0.4, 0.5) is 5.69 Å². The van der Waals surface area contributed by atoms with Crippen molar-refractivity contribution in [1.82, 2.24) is 0 Å². The lowest BCUT2D eigenvalue weighted by Gasteiger charge is -2.26. The van der Waals surface area contributed by atoms with E-state index >= 15 is 0 Å². The molecule has 138 valence electrons. The van der Waals surface area contributed by atoms with Crippen molar-refractivity contribution in [1.29, 1.82) is 0 Å². The molecule has 1 aromatic carbocycles. The van der Waals surface area contributed by atoms with Crippen molar-refractivity contribution >= 4 is 41.1 Å². The maximum atomic E-state index is 12.5. The van der Waals surface area contributed by atoms with Gasteiger partial charge in [0, 0.05) is 17.6 Å². The van der Waals surface area contributed by atoms with Crippen molar-refractivity contribution in [3.8, 4) is 5.75 Å². The molecule has 0 aliphatic heterocycles. The molecule has 0 saturated carbocycles. The molecule has 0 radical (unpaired) electrons. The Morgan fingerprint density at radius 2 is 1.88 bits per heavy atom. The van der Waals surface area contributed by atoms with Gasteiger partial charge in [-0.1, -0.05) is 17.7 Å². The van der Waals surface area contributed by atoms with Crippen molar-refractivity contribution in [3.63, 3.8) is 0 Å². The van der Waals surface area contributed by atoms with Gasteiger partial charge < -0.3 is 20.3 Å². The molecule has 1 aliphatic carbocycles. The average Bonchev–Trinajstić information content (AvgIpc) is 2.55. The van der Waals surface area contributed by atoms with Crippen LogP contribution in [0.15, 0.2) is 29.3 Å². The summed E-state index contributed by atoms with van der Waals surface area (Å²) < 4.78 is 4.81. The Bertz CT molecular complexity index is 802. The molecule has 8 nitrogen and oxygen atoms in total. The zero-order valence-corrected chi connectivity index (χ0v) is 14.4. The summed E-state index contributed by atoms with van der Waals surface area (Å²) in [6, 6.07) is 3.73. The minimum absolute atomic E-state index is 0.0850. The Balaban J connectivity index is 2.24. The van der Waals surface area contributed by atoms with Gasteiger partial charge in [-0.3, -0.25) is 14.4 Å². The number of benzene rings is 1. The lowest BCUT2D eigenvalue weighted by atomic mass is 9.82. The Kier molecular flexibility index (Phi) is 5.99. The number of ether oxygens (including phenoxy) is 1. The van der Waals surface area contributed by atoms with Gasteiger partial charge in [0.25, 0.3) is 0 Å². The number of aromatic carboxylic acids is 1. The molecule has 0 aromatic heterocycles. The number of carbonyl (C=O) groups is 4. The van der Waals surface area contributed by atoms with Crippen LogP contribution in [0.2, 0.25) is 0 Å². The van der Waals surface area contributed by atoms with Gasteiger partial charge >= 0.3 is 17.9 Å². The van der Waals surface area contributed by atoms with Gasteiger partial charge in [-0.25, -0.2) is 4.79 Å². The monoisotopic (exact) mass is 381 g/mol.